The minimum Gasteiger partial charge on any atom is -0.454 e. The Labute approximate surface area is 209 Å². The largest absolute Gasteiger partial charge is 0.454 e. The average molecular weight is 548 g/mol. The van der Waals surface area contributed by atoms with Crippen LogP contribution in [0.2, 0.25) is 0 Å². The number of carbonyl (C=O) groups excluding carboxylic acids is 1. The quantitative estimate of drug-likeness (QED) is 0.477. The molecule has 1 fully saturated rings. The number of benzene rings is 1. The predicted molar refractivity (Wildman–Crippen MR) is 132 cm³/mol. The molecule has 0 spiro atoms. The molecule has 2 aliphatic heterocycles. The molecule has 3 aromatic rings. The summed E-state index contributed by atoms with van der Waals surface area (Å²) in [7, 11) is 0. The Morgan fingerprint density at radius 2 is 2.00 bits per heavy atom. The molecule has 2 aromatic heterocycles. The Morgan fingerprint density at radius 3 is 2.74 bits per heavy atom. The molecule has 12 heteroatoms. The number of nitrogen functional groups attached to an aromatic ring is 1. The predicted octanol–water partition coefficient (Wildman–Crippen LogP) is 3.03. The third-order valence-corrected chi connectivity index (χ3v) is 8.20. The number of likely N-dealkylation sites (tertiary alicyclic amines) is 1. The lowest BCUT2D eigenvalue weighted by Crippen LogP contribution is -2.46. The molecule has 1 aromatic carbocycles. The number of fused-ring (bicyclic) bond motifs is 2. The van der Waals surface area contributed by atoms with Crippen molar-refractivity contribution in [3.63, 3.8) is 0 Å². The van der Waals surface area contributed by atoms with E-state index in [1.54, 1.807) is 6.92 Å². The minimum atomic E-state index is -0.450. The molecule has 1 atom stereocenters. The van der Waals surface area contributed by atoms with E-state index in [2.05, 4.69) is 30.5 Å². The summed E-state index contributed by atoms with van der Waals surface area (Å²) in [5.41, 5.74) is 13.2. The highest BCUT2D eigenvalue weighted by molar-refractivity contribution is 9.10. The maximum Gasteiger partial charge on any atom is 0.239 e. The van der Waals surface area contributed by atoms with Crippen molar-refractivity contribution in [3.05, 3.63) is 22.9 Å². The number of hydrogen-bond acceptors (Lipinski definition) is 9. The van der Waals surface area contributed by atoms with Gasteiger partial charge in [0.25, 0.3) is 0 Å². The Hall–Kier alpha value is -2.57. The SMILES string of the molecule is C[C@@H](N)C(=O)N1CCC(CCn2c(Sc3cc4c(cc3Br)OCO4)nc3c(N)ncnc32)CC1. The molecule has 34 heavy (non-hydrogen) atoms. The normalized spacial score (nSPS) is 16.9. The van der Waals surface area contributed by atoms with Crippen molar-refractivity contribution in [1.82, 2.24) is 24.4 Å². The maximum absolute atomic E-state index is 12.2. The zero-order valence-corrected chi connectivity index (χ0v) is 21.1. The molecular formula is C22H26BrN7O3S. The highest BCUT2D eigenvalue weighted by Crippen LogP contribution is 2.43. The van der Waals surface area contributed by atoms with Gasteiger partial charge in [0.1, 0.15) is 6.33 Å². The van der Waals surface area contributed by atoms with Gasteiger partial charge in [-0.25, -0.2) is 15.0 Å². The van der Waals surface area contributed by atoms with Crippen LogP contribution in [0.1, 0.15) is 26.2 Å². The van der Waals surface area contributed by atoms with Crippen molar-refractivity contribution in [2.75, 3.05) is 25.6 Å². The number of rotatable bonds is 6. The molecule has 0 radical (unpaired) electrons. The van der Waals surface area contributed by atoms with Crippen LogP contribution in [0.4, 0.5) is 5.82 Å². The van der Waals surface area contributed by atoms with E-state index in [1.807, 2.05) is 17.0 Å². The number of nitrogens with two attached hydrogens (primary N) is 2. The van der Waals surface area contributed by atoms with Crippen LogP contribution in [-0.2, 0) is 11.3 Å². The minimum absolute atomic E-state index is 0.0271. The van der Waals surface area contributed by atoms with Crippen LogP contribution >= 0.6 is 27.7 Å². The highest BCUT2D eigenvalue weighted by Gasteiger charge is 2.26. The van der Waals surface area contributed by atoms with Gasteiger partial charge in [0.15, 0.2) is 33.6 Å². The van der Waals surface area contributed by atoms with Gasteiger partial charge in [-0.2, -0.15) is 0 Å². The molecule has 0 unspecified atom stereocenters. The van der Waals surface area contributed by atoms with Crippen LogP contribution in [0.5, 0.6) is 11.5 Å². The maximum atomic E-state index is 12.2. The van der Waals surface area contributed by atoms with Gasteiger partial charge in [-0.3, -0.25) is 4.79 Å². The first-order chi connectivity index (χ1) is 16.4. The van der Waals surface area contributed by atoms with E-state index >= 15 is 0 Å². The van der Waals surface area contributed by atoms with Crippen molar-refractivity contribution in [2.24, 2.45) is 11.7 Å². The van der Waals surface area contributed by atoms with Crippen molar-refractivity contribution >= 4 is 50.6 Å². The number of aryl methyl sites for hydroxylation is 1. The molecule has 5 rings (SSSR count). The Balaban J connectivity index is 1.36. The van der Waals surface area contributed by atoms with Crippen LogP contribution in [-0.4, -0.2) is 56.3 Å². The van der Waals surface area contributed by atoms with Crippen LogP contribution in [0.3, 0.4) is 0 Å². The molecule has 4 N–H and O–H groups in total. The fraction of sp³-hybridized carbons (Fsp3) is 0.455. The standard InChI is InChI=1S/C22H26BrN7O3S/c1-12(24)21(31)29-5-2-13(3-6-29)4-7-30-20-18(19(25)26-10-27-20)28-22(30)34-17-9-16-15(8-14(17)23)32-11-33-16/h8-10,12-13H,2-7,11,24H2,1H3,(H2,25,26,27)/t12-/m1/s1. The van der Waals surface area contributed by atoms with Crippen molar-refractivity contribution in [2.45, 2.75) is 48.8 Å². The van der Waals surface area contributed by atoms with Crippen LogP contribution in [0, 0.1) is 5.92 Å². The van der Waals surface area contributed by atoms with Gasteiger partial charge >= 0.3 is 0 Å². The monoisotopic (exact) mass is 547 g/mol. The number of imidazole rings is 1. The molecule has 180 valence electrons. The fourth-order valence-corrected chi connectivity index (χ4v) is 5.84. The molecule has 2 aliphatic rings. The van der Waals surface area contributed by atoms with Crippen LogP contribution in [0.25, 0.3) is 11.2 Å². The number of hydrogen-bond donors (Lipinski definition) is 2. The smallest absolute Gasteiger partial charge is 0.239 e. The lowest BCUT2D eigenvalue weighted by Gasteiger charge is -2.33. The Morgan fingerprint density at radius 1 is 1.26 bits per heavy atom. The Bertz CT molecular complexity index is 1230. The molecule has 0 saturated carbocycles. The number of anilines is 1. The van der Waals surface area contributed by atoms with E-state index in [4.69, 9.17) is 25.9 Å². The second-order valence-corrected chi connectivity index (χ2v) is 10.4. The number of amides is 1. The molecule has 0 aliphatic carbocycles. The number of piperidine rings is 1. The zero-order chi connectivity index (χ0) is 23.8. The van der Waals surface area contributed by atoms with Crippen molar-refractivity contribution in [1.29, 1.82) is 0 Å². The van der Waals surface area contributed by atoms with Crippen molar-refractivity contribution in [3.8, 4) is 11.5 Å². The van der Waals surface area contributed by atoms with Crippen LogP contribution < -0.4 is 20.9 Å². The zero-order valence-electron chi connectivity index (χ0n) is 18.7. The van der Waals surface area contributed by atoms with E-state index < -0.39 is 6.04 Å². The molecule has 0 bridgehead atoms. The average Bonchev–Trinajstić information content (AvgIpc) is 3.42. The summed E-state index contributed by atoms with van der Waals surface area (Å²) < 4.78 is 14.0. The van der Waals surface area contributed by atoms with E-state index in [0.717, 1.165) is 59.1 Å². The summed E-state index contributed by atoms with van der Waals surface area (Å²) in [6, 6.07) is 3.40. The Kier molecular flexibility index (Phi) is 6.54. The third-order valence-electron chi connectivity index (χ3n) is 6.23. The lowest BCUT2D eigenvalue weighted by atomic mass is 9.93. The summed E-state index contributed by atoms with van der Waals surface area (Å²) >= 11 is 5.15. The van der Waals surface area contributed by atoms with Gasteiger partial charge in [-0.15, -0.1) is 0 Å². The molecule has 4 heterocycles. The number of aromatic nitrogens is 4. The van der Waals surface area contributed by atoms with Gasteiger partial charge in [-0.05, 0) is 60.2 Å². The first kappa shape index (κ1) is 23.2. The second-order valence-electron chi connectivity index (χ2n) is 8.56. The molecular weight excluding hydrogens is 522 g/mol. The third kappa shape index (κ3) is 4.53. The van der Waals surface area contributed by atoms with Crippen molar-refractivity contribution < 1.29 is 14.3 Å². The number of ether oxygens (including phenoxy) is 2. The van der Waals surface area contributed by atoms with E-state index in [-0.39, 0.29) is 12.7 Å². The van der Waals surface area contributed by atoms with Gasteiger partial charge in [0, 0.05) is 29.0 Å². The summed E-state index contributed by atoms with van der Waals surface area (Å²) in [6.07, 6.45) is 4.33. The fourth-order valence-electron chi connectivity index (χ4n) is 4.33. The molecule has 1 saturated heterocycles. The van der Waals surface area contributed by atoms with Gasteiger partial charge in [-0.1, -0.05) is 11.8 Å². The summed E-state index contributed by atoms with van der Waals surface area (Å²) in [6.45, 7) is 4.19. The summed E-state index contributed by atoms with van der Waals surface area (Å²) in [5.74, 6) is 2.32. The number of nitrogens with zero attached hydrogens (tertiary/aromatic N) is 5. The van der Waals surface area contributed by atoms with E-state index in [0.29, 0.717) is 28.8 Å². The van der Waals surface area contributed by atoms with E-state index in [9.17, 15) is 4.79 Å². The van der Waals surface area contributed by atoms with E-state index in [1.165, 1.54) is 18.1 Å². The number of carbonyl (C=O) groups is 1. The first-order valence-corrected chi connectivity index (χ1v) is 12.8. The summed E-state index contributed by atoms with van der Waals surface area (Å²) in [4.78, 5) is 28.4. The summed E-state index contributed by atoms with van der Waals surface area (Å²) in [5, 5.41) is 0.784. The topological polar surface area (TPSA) is 134 Å². The lowest BCUT2D eigenvalue weighted by molar-refractivity contribution is -0.133. The van der Waals surface area contributed by atoms with Crippen LogP contribution in [0.15, 0.2) is 33.0 Å². The van der Waals surface area contributed by atoms with Gasteiger partial charge in [0.2, 0.25) is 12.7 Å². The first-order valence-electron chi connectivity index (χ1n) is 11.2. The molecule has 1 amide bonds. The highest BCUT2D eigenvalue weighted by atomic mass is 79.9. The second kappa shape index (κ2) is 9.59. The molecule has 10 nitrogen and oxygen atoms in total. The van der Waals surface area contributed by atoms with Gasteiger partial charge in [0.05, 0.1) is 6.04 Å². The van der Waals surface area contributed by atoms with Gasteiger partial charge < -0.3 is 30.4 Å². The number of halogens is 1.